The lowest BCUT2D eigenvalue weighted by atomic mass is 10.2. The summed E-state index contributed by atoms with van der Waals surface area (Å²) in [5.41, 5.74) is 1.23. The van der Waals surface area contributed by atoms with Crippen molar-refractivity contribution in [3.8, 4) is 11.4 Å². The highest BCUT2D eigenvalue weighted by molar-refractivity contribution is 7.99. The van der Waals surface area contributed by atoms with Crippen molar-refractivity contribution in [2.45, 2.75) is 18.2 Å². The van der Waals surface area contributed by atoms with Crippen molar-refractivity contribution in [2.75, 3.05) is 11.1 Å². The van der Waals surface area contributed by atoms with Gasteiger partial charge in [0.2, 0.25) is 5.91 Å². The van der Waals surface area contributed by atoms with Gasteiger partial charge < -0.3 is 5.32 Å². The number of carbonyl (C=O) groups excluding carboxylic acids is 1. The van der Waals surface area contributed by atoms with E-state index in [1.54, 1.807) is 45.8 Å². The number of amides is 1. The molecule has 0 aliphatic carbocycles. The molecule has 2 aromatic carbocycles. The number of thioether (sulfide) groups is 1. The average molecular weight is 483 g/mol. The highest BCUT2D eigenvalue weighted by Gasteiger charge is 2.18. The Hall–Kier alpha value is -3.43. The molecular weight excluding hydrogens is 463 g/mol. The van der Waals surface area contributed by atoms with E-state index in [4.69, 9.17) is 11.6 Å². The second kappa shape index (κ2) is 10.5. The van der Waals surface area contributed by atoms with Crippen LogP contribution >= 0.6 is 23.4 Å². The number of anilines is 1. The summed E-state index contributed by atoms with van der Waals surface area (Å²) < 4.78 is 17.6. The van der Waals surface area contributed by atoms with Gasteiger partial charge >= 0.3 is 0 Å². The summed E-state index contributed by atoms with van der Waals surface area (Å²) in [6.45, 7) is 4.56. The number of hydrogen-bond donors (Lipinski definition) is 1. The van der Waals surface area contributed by atoms with Crippen molar-refractivity contribution in [2.24, 2.45) is 0 Å². The third-order valence-corrected chi connectivity index (χ3v) is 6.07. The Morgan fingerprint density at radius 2 is 1.94 bits per heavy atom. The van der Waals surface area contributed by atoms with E-state index in [1.165, 1.54) is 17.8 Å². The van der Waals surface area contributed by atoms with Crippen molar-refractivity contribution >= 4 is 35.1 Å². The molecule has 0 radical (unpaired) electrons. The molecule has 1 N–H and O–H groups in total. The lowest BCUT2D eigenvalue weighted by molar-refractivity contribution is -0.113. The highest BCUT2D eigenvalue weighted by Crippen LogP contribution is 2.26. The van der Waals surface area contributed by atoms with Gasteiger partial charge in [-0.3, -0.25) is 9.36 Å². The Balaban J connectivity index is 1.44. The van der Waals surface area contributed by atoms with Crippen molar-refractivity contribution in [3.05, 3.63) is 89.9 Å². The first-order chi connectivity index (χ1) is 16.1. The molecule has 2 aromatic heterocycles. The molecular formula is C23H20ClFN6OS. The van der Waals surface area contributed by atoms with E-state index in [2.05, 4.69) is 27.2 Å². The van der Waals surface area contributed by atoms with Crippen LogP contribution in [0.2, 0.25) is 5.02 Å². The minimum Gasteiger partial charge on any atom is -0.310 e. The molecule has 33 heavy (non-hydrogen) atoms. The number of allylic oxidation sites excluding steroid dienone is 1. The fourth-order valence-electron chi connectivity index (χ4n) is 3.19. The van der Waals surface area contributed by atoms with E-state index in [9.17, 15) is 9.18 Å². The molecule has 4 aromatic rings. The van der Waals surface area contributed by atoms with E-state index in [1.807, 2.05) is 24.3 Å². The summed E-state index contributed by atoms with van der Waals surface area (Å²) in [4.78, 5) is 12.6. The van der Waals surface area contributed by atoms with Crippen LogP contribution in [0.1, 0.15) is 5.56 Å². The molecule has 0 atom stereocenters. The number of hydrogen-bond acceptors (Lipinski definition) is 5. The van der Waals surface area contributed by atoms with Gasteiger partial charge in [0.05, 0.1) is 24.1 Å². The Bertz CT molecular complexity index is 1290. The third kappa shape index (κ3) is 5.32. The van der Waals surface area contributed by atoms with Gasteiger partial charge in [-0.1, -0.05) is 59.8 Å². The van der Waals surface area contributed by atoms with E-state index in [0.29, 0.717) is 40.5 Å². The van der Waals surface area contributed by atoms with Gasteiger partial charge in [0.1, 0.15) is 11.6 Å². The first kappa shape index (κ1) is 22.8. The normalized spacial score (nSPS) is 10.8. The molecule has 0 aliphatic rings. The summed E-state index contributed by atoms with van der Waals surface area (Å²) in [7, 11) is 0. The predicted octanol–water partition coefficient (Wildman–Crippen LogP) is 4.90. The second-order valence-electron chi connectivity index (χ2n) is 6.99. The molecule has 0 aliphatic heterocycles. The zero-order chi connectivity index (χ0) is 23.2. The molecule has 0 saturated carbocycles. The van der Waals surface area contributed by atoms with Crippen LogP contribution in [0.3, 0.4) is 0 Å². The first-order valence-electron chi connectivity index (χ1n) is 10.0. The maximum atomic E-state index is 14.3. The number of benzene rings is 2. The first-order valence-corrected chi connectivity index (χ1v) is 11.4. The molecule has 4 rings (SSSR count). The van der Waals surface area contributed by atoms with Gasteiger partial charge in [-0.2, -0.15) is 5.10 Å². The molecule has 0 unspecified atom stereocenters. The van der Waals surface area contributed by atoms with Crippen LogP contribution in [-0.4, -0.2) is 36.2 Å². The molecule has 2 heterocycles. The van der Waals surface area contributed by atoms with E-state index >= 15 is 0 Å². The van der Waals surface area contributed by atoms with Crippen LogP contribution in [0.4, 0.5) is 10.2 Å². The molecule has 168 valence electrons. The Labute approximate surface area is 199 Å². The minimum atomic E-state index is -0.392. The minimum absolute atomic E-state index is 0.0871. The molecule has 0 saturated heterocycles. The third-order valence-electron chi connectivity index (χ3n) is 4.74. The smallest absolute Gasteiger partial charge is 0.235 e. The lowest BCUT2D eigenvalue weighted by Gasteiger charge is -2.11. The summed E-state index contributed by atoms with van der Waals surface area (Å²) in [6.07, 6.45) is 3.28. The fraction of sp³-hybridized carbons (Fsp3) is 0.130. The SMILES string of the molecule is C=CCn1c(SCC(=O)Nc2ccnn2Cc2ccccc2Cl)nnc1-c1ccccc1F. The zero-order valence-electron chi connectivity index (χ0n) is 17.5. The van der Waals surface area contributed by atoms with Gasteiger partial charge in [-0.25, -0.2) is 9.07 Å². The number of rotatable bonds is 9. The standard InChI is InChI=1S/C23H20ClFN6OS/c1-2-13-30-22(17-8-4-6-10-19(17)25)28-29-23(30)33-15-21(32)27-20-11-12-26-31(20)14-16-7-3-5-9-18(16)24/h2-12H,1,13-15H2,(H,27,32). The van der Waals surface area contributed by atoms with E-state index in [0.717, 1.165) is 5.56 Å². The second-order valence-corrected chi connectivity index (χ2v) is 8.34. The number of carbonyl (C=O) groups is 1. The van der Waals surface area contributed by atoms with Gasteiger partial charge in [-0.15, -0.1) is 16.8 Å². The number of nitrogens with zero attached hydrogens (tertiary/aromatic N) is 5. The molecule has 10 heteroatoms. The molecule has 0 fully saturated rings. The van der Waals surface area contributed by atoms with Crippen molar-refractivity contribution in [3.63, 3.8) is 0 Å². The maximum absolute atomic E-state index is 14.3. The quantitative estimate of drug-likeness (QED) is 0.271. The van der Waals surface area contributed by atoms with Crippen molar-refractivity contribution in [1.29, 1.82) is 0 Å². The van der Waals surface area contributed by atoms with Gasteiger partial charge in [0.25, 0.3) is 0 Å². The molecule has 0 spiro atoms. The molecule has 0 bridgehead atoms. The highest BCUT2D eigenvalue weighted by atomic mass is 35.5. The Morgan fingerprint density at radius 3 is 2.73 bits per heavy atom. The van der Waals surface area contributed by atoms with Crippen molar-refractivity contribution in [1.82, 2.24) is 24.5 Å². The van der Waals surface area contributed by atoms with E-state index in [-0.39, 0.29) is 11.7 Å². The molecule has 7 nitrogen and oxygen atoms in total. The Kier molecular flexibility index (Phi) is 7.21. The van der Waals surface area contributed by atoms with Crippen LogP contribution in [0.25, 0.3) is 11.4 Å². The van der Waals surface area contributed by atoms with Crippen LogP contribution in [0, 0.1) is 5.82 Å². The van der Waals surface area contributed by atoms with Crippen LogP contribution in [-0.2, 0) is 17.9 Å². The van der Waals surface area contributed by atoms with Gasteiger partial charge in [-0.05, 0) is 23.8 Å². The summed E-state index contributed by atoms with van der Waals surface area (Å²) in [5, 5.41) is 16.5. The topological polar surface area (TPSA) is 77.6 Å². The predicted molar refractivity (Wildman–Crippen MR) is 128 cm³/mol. The fourth-order valence-corrected chi connectivity index (χ4v) is 4.14. The van der Waals surface area contributed by atoms with Gasteiger partial charge in [0.15, 0.2) is 11.0 Å². The number of nitrogens with one attached hydrogen (secondary N) is 1. The summed E-state index contributed by atoms with van der Waals surface area (Å²) >= 11 is 7.44. The van der Waals surface area contributed by atoms with Crippen LogP contribution in [0.15, 0.2) is 78.6 Å². The summed E-state index contributed by atoms with van der Waals surface area (Å²) in [6, 6.07) is 15.5. The average Bonchev–Trinajstić information content (AvgIpc) is 3.41. The summed E-state index contributed by atoms with van der Waals surface area (Å²) in [5.74, 6) is 0.399. The maximum Gasteiger partial charge on any atom is 0.235 e. The lowest BCUT2D eigenvalue weighted by Crippen LogP contribution is -2.18. The largest absolute Gasteiger partial charge is 0.310 e. The Morgan fingerprint density at radius 1 is 1.15 bits per heavy atom. The molecule has 1 amide bonds. The monoisotopic (exact) mass is 482 g/mol. The van der Waals surface area contributed by atoms with Gasteiger partial charge in [0, 0.05) is 17.6 Å². The van der Waals surface area contributed by atoms with Crippen molar-refractivity contribution < 1.29 is 9.18 Å². The zero-order valence-corrected chi connectivity index (χ0v) is 19.1. The van der Waals surface area contributed by atoms with Crippen LogP contribution in [0.5, 0.6) is 0 Å². The van der Waals surface area contributed by atoms with E-state index < -0.39 is 5.82 Å². The van der Waals surface area contributed by atoms with Crippen LogP contribution < -0.4 is 5.32 Å². The number of halogens is 2. The number of aromatic nitrogens is 5.